The molecule has 0 aromatic heterocycles. The summed E-state index contributed by atoms with van der Waals surface area (Å²) in [5.41, 5.74) is 5.08. The van der Waals surface area contributed by atoms with Gasteiger partial charge in [-0.2, -0.15) is 5.10 Å². The van der Waals surface area contributed by atoms with Crippen LogP contribution < -0.4 is 5.43 Å². The largest absolute Gasteiger partial charge is 0.271 e. The Kier molecular flexibility index (Phi) is 4.91. The minimum atomic E-state index is -0.242. The van der Waals surface area contributed by atoms with Crippen LogP contribution in [0.5, 0.6) is 0 Å². The number of carbonyl (C=O) groups is 1. The van der Waals surface area contributed by atoms with Crippen LogP contribution in [0.1, 0.15) is 22.8 Å². The predicted molar refractivity (Wildman–Crippen MR) is 82.2 cm³/mol. The summed E-state index contributed by atoms with van der Waals surface area (Å²) < 4.78 is 0. The van der Waals surface area contributed by atoms with Gasteiger partial charge in [0.2, 0.25) is 0 Å². The average Bonchev–Trinajstić information content (AvgIpc) is 2.46. The zero-order valence-corrected chi connectivity index (χ0v) is 11.9. The Balaban J connectivity index is 1.94. The molecule has 0 aliphatic heterocycles. The second-order valence-corrected chi connectivity index (χ2v) is 4.89. The van der Waals surface area contributed by atoms with Gasteiger partial charge in [0, 0.05) is 22.7 Å². The van der Waals surface area contributed by atoms with Crippen LogP contribution in [0.2, 0.25) is 5.02 Å². The van der Waals surface area contributed by atoms with Crippen LogP contribution in [-0.2, 0) is 6.42 Å². The number of carbonyl (C=O) groups excluding carboxylic acids is 1. The Morgan fingerprint density at radius 1 is 1.10 bits per heavy atom. The van der Waals surface area contributed by atoms with Gasteiger partial charge < -0.3 is 0 Å². The lowest BCUT2D eigenvalue weighted by atomic mass is 10.1. The first-order chi connectivity index (χ1) is 9.65. The highest BCUT2D eigenvalue weighted by molar-refractivity contribution is 6.30. The van der Waals surface area contributed by atoms with Crippen LogP contribution in [0.15, 0.2) is 59.7 Å². The Hall–Kier alpha value is -2.13. The molecular weight excluding hydrogens is 272 g/mol. The number of rotatable bonds is 4. The number of hydrazone groups is 1. The fourth-order valence-electron chi connectivity index (χ4n) is 1.74. The molecule has 0 unspecified atom stereocenters. The van der Waals surface area contributed by atoms with Crippen LogP contribution in [0.25, 0.3) is 0 Å². The fourth-order valence-corrected chi connectivity index (χ4v) is 1.87. The van der Waals surface area contributed by atoms with Crippen LogP contribution in [-0.4, -0.2) is 11.6 Å². The summed E-state index contributed by atoms with van der Waals surface area (Å²) in [5.74, 6) is -0.242. The van der Waals surface area contributed by atoms with E-state index in [2.05, 4.69) is 10.5 Å². The van der Waals surface area contributed by atoms with Crippen LogP contribution in [0.3, 0.4) is 0 Å². The van der Waals surface area contributed by atoms with Crippen molar-refractivity contribution in [2.24, 2.45) is 5.10 Å². The third kappa shape index (κ3) is 4.21. The van der Waals surface area contributed by atoms with E-state index in [0.29, 0.717) is 17.0 Å². The molecule has 102 valence electrons. The number of benzene rings is 2. The third-order valence-corrected chi connectivity index (χ3v) is 3.01. The Morgan fingerprint density at radius 3 is 2.40 bits per heavy atom. The molecule has 2 aromatic carbocycles. The standard InChI is InChI=1S/C16H15ClN2O/c1-12(11-13-5-3-2-4-6-13)18-19-16(20)14-7-9-15(17)10-8-14/h2-10H,11H2,1H3,(H,19,20)/b18-12+. The second kappa shape index (κ2) is 6.87. The SMILES string of the molecule is C/C(Cc1ccccc1)=N\NC(=O)c1ccc(Cl)cc1. The highest BCUT2D eigenvalue weighted by atomic mass is 35.5. The molecule has 0 bridgehead atoms. The lowest BCUT2D eigenvalue weighted by molar-refractivity contribution is 0.0954. The summed E-state index contributed by atoms with van der Waals surface area (Å²) in [6.07, 6.45) is 0.710. The molecule has 20 heavy (non-hydrogen) atoms. The summed E-state index contributed by atoms with van der Waals surface area (Å²) in [6, 6.07) is 16.7. The van der Waals surface area contributed by atoms with Crippen LogP contribution >= 0.6 is 11.6 Å². The molecule has 2 rings (SSSR count). The number of hydrogen-bond acceptors (Lipinski definition) is 2. The summed E-state index contributed by atoms with van der Waals surface area (Å²) in [4.78, 5) is 11.9. The molecule has 0 saturated heterocycles. The zero-order valence-electron chi connectivity index (χ0n) is 11.1. The molecule has 0 radical (unpaired) electrons. The fraction of sp³-hybridized carbons (Fsp3) is 0.125. The van der Waals surface area contributed by atoms with E-state index in [-0.39, 0.29) is 5.91 Å². The van der Waals surface area contributed by atoms with Crippen LogP contribution in [0, 0.1) is 0 Å². The van der Waals surface area contributed by atoms with Gasteiger partial charge in [0.05, 0.1) is 0 Å². The lowest BCUT2D eigenvalue weighted by Crippen LogP contribution is -2.19. The first-order valence-electron chi connectivity index (χ1n) is 6.28. The van der Waals surface area contributed by atoms with E-state index in [1.807, 2.05) is 37.3 Å². The van der Waals surface area contributed by atoms with Crippen molar-refractivity contribution in [1.82, 2.24) is 5.43 Å². The molecule has 1 amide bonds. The number of nitrogens with zero attached hydrogens (tertiary/aromatic N) is 1. The van der Waals surface area contributed by atoms with Gasteiger partial charge in [-0.1, -0.05) is 41.9 Å². The van der Waals surface area contributed by atoms with E-state index in [1.165, 1.54) is 0 Å². The normalized spacial score (nSPS) is 11.2. The van der Waals surface area contributed by atoms with E-state index in [0.717, 1.165) is 11.3 Å². The number of hydrogen-bond donors (Lipinski definition) is 1. The second-order valence-electron chi connectivity index (χ2n) is 4.46. The number of amides is 1. The van der Waals surface area contributed by atoms with E-state index in [9.17, 15) is 4.79 Å². The lowest BCUT2D eigenvalue weighted by Gasteiger charge is -2.03. The maximum Gasteiger partial charge on any atom is 0.271 e. The van der Waals surface area contributed by atoms with E-state index in [4.69, 9.17) is 11.6 Å². The molecule has 1 N–H and O–H groups in total. The molecule has 3 nitrogen and oxygen atoms in total. The molecule has 0 aliphatic rings. The molecule has 0 saturated carbocycles. The van der Waals surface area contributed by atoms with Crippen molar-refractivity contribution >= 4 is 23.2 Å². The topological polar surface area (TPSA) is 41.5 Å². The molecule has 0 fully saturated rings. The highest BCUT2D eigenvalue weighted by Gasteiger charge is 2.04. The number of halogens is 1. The van der Waals surface area contributed by atoms with Crippen molar-refractivity contribution in [2.75, 3.05) is 0 Å². The minimum absolute atomic E-state index is 0.242. The smallest absolute Gasteiger partial charge is 0.267 e. The molecular formula is C16H15ClN2O. The van der Waals surface area contributed by atoms with Gasteiger partial charge in [-0.25, -0.2) is 5.43 Å². The van der Waals surface area contributed by atoms with Gasteiger partial charge in [0.1, 0.15) is 0 Å². The van der Waals surface area contributed by atoms with Crippen molar-refractivity contribution in [2.45, 2.75) is 13.3 Å². The van der Waals surface area contributed by atoms with Crippen molar-refractivity contribution in [3.05, 3.63) is 70.7 Å². The van der Waals surface area contributed by atoms with E-state index >= 15 is 0 Å². The first-order valence-corrected chi connectivity index (χ1v) is 6.66. The Bertz CT molecular complexity index is 606. The van der Waals surface area contributed by atoms with Gasteiger partial charge in [-0.15, -0.1) is 0 Å². The van der Waals surface area contributed by atoms with E-state index < -0.39 is 0 Å². The number of nitrogens with one attached hydrogen (secondary N) is 1. The predicted octanol–water partition coefficient (Wildman–Crippen LogP) is 3.69. The molecule has 0 heterocycles. The van der Waals surface area contributed by atoms with Gasteiger partial charge in [-0.3, -0.25) is 4.79 Å². The summed E-state index contributed by atoms with van der Waals surface area (Å²) in [5, 5.41) is 4.70. The summed E-state index contributed by atoms with van der Waals surface area (Å²) >= 11 is 5.77. The van der Waals surface area contributed by atoms with Crippen molar-refractivity contribution in [3.8, 4) is 0 Å². The monoisotopic (exact) mass is 286 g/mol. The third-order valence-electron chi connectivity index (χ3n) is 2.76. The first kappa shape index (κ1) is 14.3. The maximum absolute atomic E-state index is 11.9. The van der Waals surface area contributed by atoms with Gasteiger partial charge in [-0.05, 0) is 36.8 Å². The van der Waals surface area contributed by atoms with E-state index in [1.54, 1.807) is 24.3 Å². The van der Waals surface area contributed by atoms with Gasteiger partial charge >= 0.3 is 0 Å². The van der Waals surface area contributed by atoms with Crippen molar-refractivity contribution in [3.63, 3.8) is 0 Å². The minimum Gasteiger partial charge on any atom is -0.267 e. The van der Waals surface area contributed by atoms with Gasteiger partial charge in [0.15, 0.2) is 0 Å². The molecule has 0 aliphatic carbocycles. The molecule has 0 atom stereocenters. The highest BCUT2D eigenvalue weighted by Crippen LogP contribution is 2.09. The maximum atomic E-state index is 11.9. The quantitative estimate of drug-likeness (QED) is 0.676. The average molecular weight is 287 g/mol. The molecule has 0 spiro atoms. The Labute approximate surface area is 123 Å². The molecule has 2 aromatic rings. The summed E-state index contributed by atoms with van der Waals surface area (Å²) in [6.45, 7) is 1.88. The van der Waals surface area contributed by atoms with Crippen molar-refractivity contribution < 1.29 is 4.79 Å². The zero-order chi connectivity index (χ0) is 14.4. The summed E-state index contributed by atoms with van der Waals surface area (Å²) in [7, 11) is 0. The van der Waals surface area contributed by atoms with Crippen molar-refractivity contribution in [1.29, 1.82) is 0 Å². The Morgan fingerprint density at radius 2 is 1.75 bits per heavy atom. The van der Waals surface area contributed by atoms with Gasteiger partial charge in [0.25, 0.3) is 5.91 Å². The van der Waals surface area contributed by atoms with Crippen LogP contribution in [0.4, 0.5) is 0 Å². The molecule has 4 heteroatoms.